The van der Waals surface area contributed by atoms with Crippen molar-refractivity contribution in [3.05, 3.63) is 38.7 Å². The Bertz CT molecular complexity index is 518. The number of halogens is 1. The van der Waals surface area contributed by atoms with Gasteiger partial charge in [-0.3, -0.25) is 4.79 Å². The molecule has 0 amide bonds. The van der Waals surface area contributed by atoms with Crippen LogP contribution in [0.25, 0.3) is 11.0 Å². The molecule has 0 radical (unpaired) electrons. The molecule has 4 heteroatoms. The van der Waals surface area contributed by atoms with Crippen molar-refractivity contribution in [2.24, 2.45) is 0 Å². The van der Waals surface area contributed by atoms with E-state index in [1.54, 1.807) is 6.20 Å². The second kappa shape index (κ2) is 2.96. The summed E-state index contributed by atoms with van der Waals surface area (Å²) in [6, 6.07) is 3.34. The van der Waals surface area contributed by atoms with Gasteiger partial charge in [0.1, 0.15) is 5.52 Å². The van der Waals surface area contributed by atoms with Gasteiger partial charge in [0.2, 0.25) is 5.43 Å². The fraction of sp³-hybridized carbons (Fsp3) is 0.111. The van der Waals surface area contributed by atoms with Gasteiger partial charge in [0.15, 0.2) is 0 Å². The molecule has 2 heterocycles. The van der Waals surface area contributed by atoms with Gasteiger partial charge in [-0.2, -0.15) is 0 Å². The van der Waals surface area contributed by atoms with Gasteiger partial charge < -0.3 is 4.98 Å². The van der Waals surface area contributed by atoms with E-state index in [0.717, 1.165) is 15.7 Å². The fourth-order valence-corrected chi connectivity index (χ4v) is 1.48. The number of rotatable bonds is 0. The van der Waals surface area contributed by atoms with E-state index in [2.05, 4.69) is 25.9 Å². The summed E-state index contributed by atoms with van der Waals surface area (Å²) in [5, 5.41) is 0. The van der Waals surface area contributed by atoms with Crippen LogP contribution in [0.3, 0.4) is 0 Å². The molecule has 0 aliphatic heterocycles. The van der Waals surface area contributed by atoms with Gasteiger partial charge in [-0.25, -0.2) is 4.98 Å². The van der Waals surface area contributed by atoms with Gasteiger partial charge in [-0.15, -0.1) is 0 Å². The lowest BCUT2D eigenvalue weighted by molar-refractivity contribution is 1.20. The predicted octanol–water partition coefficient (Wildman–Crippen LogP) is 1.99. The maximum atomic E-state index is 11.3. The molecule has 13 heavy (non-hydrogen) atoms. The predicted molar refractivity (Wildman–Crippen MR) is 54.8 cm³/mol. The van der Waals surface area contributed by atoms with Crippen molar-refractivity contribution >= 4 is 27.0 Å². The fourth-order valence-electron chi connectivity index (χ4n) is 1.16. The molecule has 3 nitrogen and oxygen atoms in total. The van der Waals surface area contributed by atoms with Crippen LogP contribution in [0.1, 0.15) is 5.69 Å². The van der Waals surface area contributed by atoms with Crippen LogP contribution in [-0.2, 0) is 0 Å². The van der Waals surface area contributed by atoms with Crippen molar-refractivity contribution in [2.45, 2.75) is 6.92 Å². The monoisotopic (exact) mass is 238 g/mol. The number of aryl methyl sites for hydroxylation is 1. The Labute approximate surface area is 82.9 Å². The van der Waals surface area contributed by atoms with Gasteiger partial charge in [-0.05, 0) is 28.9 Å². The van der Waals surface area contributed by atoms with Crippen LogP contribution in [0.5, 0.6) is 0 Å². The van der Waals surface area contributed by atoms with E-state index >= 15 is 0 Å². The summed E-state index contributed by atoms with van der Waals surface area (Å²) in [6.07, 6.45) is 1.62. The second-order valence-electron chi connectivity index (χ2n) is 2.79. The summed E-state index contributed by atoms with van der Waals surface area (Å²) in [5.74, 6) is 0. The number of hydrogen-bond donors (Lipinski definition) is 1. The molecule has 2 aromatic rings. The van der Waals surface area contributed by atoms with E-state index in [4.69, 9.17) is 0 Å². The van der Waals surface area contributed by atoms with Crippen LogP contribution in [0.2, 0.25) is 0 Å². The zero-order chi connectivity index (χ0) is 9.42. The maximum Gasteiger partial charge on any atom is 0.207 e. The molecule has 0 atom stereocenters. The highest BCUT2D eigenvalue weighted by Gasteiger charge is 2.02. The topological polar surface area (TPSA) is 45.8 Å². The second-order valence-corrected chi connectivity index (χ2v) is 3.65. The molecule has 0 fully saturated rings. The third-order valence-corrected chi connectivity index (χ3v) is 2.66. The van der Waals surface area contributed by atoms with Crippen molar-refractivity contribution in [1.29, 1.82) is 0 Å². The first kappa shape index (κ1) is 8.44. The molecule has 0 aliphatic carbocycles. The zero-order valence-electron chi connectivity index (χ0n) is 6.97. The molecule has 2 aromatic heterocycles. The van der Waals surface area contributed by atoms with Crippen molar-refractivity contribution in [3.63, 3.8) is 0 Å². The van der Waals surface area contributed by atoms with Crippen molar-refractivity contribution in [1.82, 2.24) is 9.97 Å². The Morgan fingerprint density at radius 2 is 2.31 bits per heavy atom. The van der Waals surface area contributed by atoms with Crippen LogP contribution in [-0.4, -0.2) is 9.97 Å². The van der Waals surface area contributed by atoms with E-state index in [0.29, 0.717) is 5.52 Å². The molecular weight excluding hydrogens is 232 g/mol. The zero-order valence-corrected chi connectivity index (χ0v) is 8.55. The van der Waals surface area contributed by atoms with E-state index in [1.807, 2.05) is 13.0 Å². The van der Waals surface area contributed by atoms with E-state index < -0.39 is 0 Å². The Morgan fingerprint density at radius 3 is 3.08 bits per heavy atom. The number of fused-ring (bicyclic) bond motifs is 1. The number of aromatic nitrogens is 2. The van der Waals surface area contributed by atoms with Crippen LogP contribution in [0, 0.1) is 6.92 Å². The normalized spacial score (nSPS) is 10.6. The Kier molecular flexibility index (Phi) is 1.92. The molecule has 0 spiro atoms. The van der Waals surface area contributed by atoms with Crippen LogP contribution in [0.4, 0.5) is 0 Å². The minimum Gasteiger partial charge on any atom is -0.360 e. The van der Waals surface area contributed by atoms with Crippen molar-refractivity contribution in [2.75, 3.05) is 0 Å². The number of hydrogen-bond acceptors (Lipinski definition) is 2. The first-order valence-electron chi connectivity index (χ1n) is 3.83. The van der Waals surface area contributed by atoms with Gasteiger partial charge in [0, 0.05) is 16.7 Å². The minimum absolute atomic E-state index is 0.0515. The van der Waals surface area contributed by atoms with E-state index in [9.17, 15) is 4.79 Å². The lowest BCUT2D eigenvalue weighted by Gasteiger charge is -1.99. The highest BCUT2D eigenvalue weighted by molar-refractivity contribution is 9.10. The first-order chi connectivity index (χ1) is 6.18. The number of pyridine rings is 2. The summed E-state index contributed by atoms with van der Waals surface area (Å²) in [6.45, 7) is 1.86. The molecule has 0 aliphatic rings. The molecule has 0 saturated carbocycles. The van der Waals surface area contributed by atoms with Gasteiger partial charge in [-0.1, -0.05) is 0 Å². The summed E-state index contributed by atoms with van der Waals surface area (Å²) in [7, 11) is 0. The average molecular weight is 239 g/mol. The molecule has 1 N–H and O–H groups in total. The van der Waals surface area contributed by atoms with Crippen LogP contribution in [0.15, 0.2) is 27.6 Å². The standard InChI is InChI=1S/C9H7BrN2O/c1-5-6(10)4-7-9(12-5)8(13)2-3-11-7/h2-4H,1H3,(H,11,13). The largest absolute Gasteiger partial charge is 0.360 e. The number of nitrogens with zero attached hydrogens (tertiary/aromatic N) is 1. The lowest BCUT2D eigenvalue weighted by atomic mass is 10.3. The summed E-state index contributed by atoms with van der Waals surface area (Å²) in [4.78, 5) is 18.5. The molecule has 0 bridgehead atoms. The summed E-state index contributed by atoms with van der Waals surface area (Å²) >= 11 is 3.36. The third kappa shape index (κ3) is 1.37. The van der Waals surface area contributed by atoms with E-state index in [1.165, 1.54) is 6.07 Å². The highest BCUT2D eigenvalue weighted by Crippen LogP contribution is 2.16. The summed E-state index contributed by atoms with van der Waals surface area (Å²) < 4.78 is 0.904. The molecular formula is C9H7BrN2O. The van der Waals surface area contributed by atoms with Gasteiger partial charge >= 0.3 is 0 Å². The SMILES string of the molecule is Cc1nc2c(=O)cc[nH]c2cc1Br. The molecule has 0 unspecified atom stereocenters. The number of nitrogens with one attached hydrogen (secondary N) is 1. The smallest absolute Gasteiger partial charge is 0.207 e. The first-order valence-corrected chi connectivity index (χ1v) is 4.62. The Morgan fingerprint density at radius 1 is 1.54 bits per heavy atom. The quantitative estimate of drug-likeness (QED) is 0.764. The lowest BCUT2D eigenvalue weighted by Crippen LogP contribution is -2.03. The number of H-pyrrole nitrogens is 1. The van der Waals surface area contributed by atoms with Gasteiger partial charge in [0.25, 0.3) is 0 Å². The molecule has 0 aromatic carbocycles. The molecule has 2 rings (SSSR count). The number of aromatic amines is 1. The maximum absolute atomic E-state index is 11.3. The average Bonchev–Trinajstić information content (AvgIpc) is 2.09. The highest BCUT2D eigenvalue weighted by atomic mass is 79.9. The molecule has 66 valence electrons. The van der Waals surface area contributed by atoms with Crippen molar-refractivity contribution in [3.8, 4) is 0 Å². The van der Waals surface area contributed by atoms with E-state index in [-0.39, 0.29) is 5.43 Å². The Hall–Kier alpha value is -1.16. The van der Waals surface area contributed by atoms with Crippen LogP contribution >= 0.6 is 15.9 Å². The third-order valence-electron chi connectivity index (χ3n) is 1.86. The molecule has 0 saturated heterocycles. The minimum atomic E-state index is -0.0515. The van der Waals surface area contributed by atoms with Gasteiger partial charge in [0.05, 0.1) is 11.2 Å². The summed E-state index contributed by atoms with van der Waals surface area (Å²) in [5.41, 5.74) is 2.02. The van der Waals surface area contributed by atoms with Crippen LogP contribution < -0.4 is 5.43 Å². The van der Waals surface area contributed by atoms with Crippen molar-refractivity contribution < 1.29 is 0 Å². The Balaban J connectivity index is 2.97.